The Labute approximate surface area is 62.6 Å². The van der Waals surface area contributed by atoms with E-state index in [9.17, 15) is 0 Å². The van der Waals surface area contributed by atoms with Crippen molar-refractivity contribution in [3.05, 3.63) is 23.3 Å². The van der Waals surface area contributed by atoms with E-state index < -0.39 is 0 Å². The molecule has 0 heterocycles. The maximum atomic E-state index is 2.42. The molecular formula is C10H14. The second-order valence-electron chi connectivity index (χ2n) is 3.78. The van der Waals surface area contributed by atoms with Crippen molar-refractivity contribution in [3.63, 3.8) is 0 Å². The number of hydrogen-bond donors (Lipinski definition) is 0. The first-order valence-electron chi connectivity index (χ1n) is 4.14. The van der Waals surface area contributed by atoms with Gasteiger partial charge in [-0.2, -0.15) is 0 Å². The van der Waals surface area contributed by atoms with E-state index in [4.69, 9.17) is 0 Å². The van der Waals surface area contributed by atoms with Crippen LogP contribution in [0.2, 0.25) is 0 Å². The van der Waals surface area contributed by atoms with Crippen LogP contribution in [0.5, 0.6) is 0 Å². The van der Waals surface area contributed by atoms with Crippen LogP contribution in [0.25, 0.3) is 0 Å². The predicted octanol–water partition coefficient (Wildman–Crippen LogP) is 2.92. The van der Waals surface area contributed by atoms with E-state index in [1.165, 1.54) is 18.4 Å². The fraction of sp³-hybridized carbons (Fsp3) is 0.600. The lowest BCUT2D eigenvalue weighted by atomic mass is 10.1. The highest BCUT2D eigenvalue weighted by molar-refractivity contribution is 5.36. The minimum absolute atomic E-state index is 0.829. The molecule has 0 spiro atoms. The van der Waals surface area contributed by atoms with Crippen molar-refractivity contribution in [2.45, 2.75) is 26.7 Å². The summed E-state index contributed by atoms with van der Waals surface area (Å²) in [5.41, 5.74) is 3.16. The highest BCUT2D eigenvalue weighted by Crippen LogP contribution is 2.40. The first-order chi connectivity index (χ1) is 4.75. The fourth-order valence-corrected chi connectivity index (χ4v) is 2.22. The van der Waals surface area contributed by atoms with Crippen LogP contribution in [0.4, 0.5) is 0 Å². The van der Waals surface area contributed by atoms with Gasteiger partial charge < -0.3 is 0 Å². The predicted molar refractivity (Wildman–Crippen MR) is 43.7 cm³/mol. The Kier molecular flexibility index (Phi) is 1.23. The highest BCUT2D eigenvalue weighted by Gasteiger charge is 2.27. The van der Waals surface area contributed by atoms with E-state index in [0.29, 0.717) is 0 Å². The fourth-order valence-electron chi connectivity index (χ4n) is 2.22. The molecule has 0 heteroatoms. The molecular weight excluding hydrogens is 120 g/mol. The second kappa shape index (κ2) is 1.98. The summed E-state index contributed by atoms with van der Waals surface area (Å²) < 4.78 is 0. The summed E-state index contributed by atoms with van der Waals surface area (Å²) in [6, 6.07) is 0. The van der Waals surface area contributed by atoms with Crippen molar-refractivity contribution in [3.8, 4) is 0 Å². The molecule has 0 aromatic carbocycles. The summed E-state index contributed by atoms with van der Waals surface area (Å²) in [6.45, 7) is 4.55. The smallest absolute Gasteiger partial charge is 0.00116 e. The zero-order valence-electron chi connectivity index (χ0n) is 6.72. The summed E-state index contributed by atoms with van der Waals surface area (Å²) in [5.74, 6) is 1.76. The molecule has 2 atom stereocenters. The summed E-state index contributed by atoms with van der Waals surface area (Å²) in [6.07, 6.45) is 7.52. The van der Waals surface area contributed by atoms with Crippen molar-refractivity contribution >= 4 is 0 Å². The SMILES string of the molecule is CC1=CC2CC(C)CC2=C1. The molecule has 0 amide bonds. The summed E-state index contributed by atoms with van der Waals surface area (Å²) in [5, 5.41) is 0. The van der Waals surface area contributed by atoms with Gasteiger partial charge >= 0.3 is 0 Å². The monoisotopic (exact) mass is 134 g/mol. The van der Waals surface area contributed by atoms with Gasteiger partial charge in [-0.05, 0) is 31.6 Å². The largest absolute Gasteiger partial charge is 0.0744 e. The third kappa shape index (κ3) is 0.828. The lowest BCUT2D eigenvalue weighted by Crippen LogP contribution is -1.87. The van der Waals surface area contributed by atoms with Crippen LogP contribution in [0, 0.1) is 11.8 Å². The first kappa shape index (κ1) is 6.21. The van der Waals surface area contributed by atoms with Gasteiger partial charge in [0.1, 0.15) is 0 Å². The van der Waals surface area contributed by atoms with Gasteiger partial charge in [-0.3, -0.25) is 0 Å². The molecule has 0 nitrogen and oxygen atoms in total. The van der Waals surface area contributed by atoms with E-state index in [1.807, 2.05) is 0 Å². The Morgan fingerprint density at radius 1 is 1.50 bits per heavy atom. The molecule has 2 aliphatic carbocycles. The van der Waals surface area contributed by atoms with Gasteiger partial charge in [0.05, 0.1) is 0 Å². The van der Waals surface area contributed by atoms with Gasteiger partial charge in [-0.1, -0.05) is 30.2 Å². The lowest BCUT2D eigenvalue weighted by Gasteiger charge is -1.98. The van der Waals surface area contributed by atoms with Crippen LogP contribution in [0.15, 0.2) is 23.3 Å². The third-order valence-corrected chi connectivity index (χ3v) is 2.59. The first-order valence-corrected chi connectivity index (χ1v) is 4.14. The molecule has 0 N–H and O–H groups in total. The van der Waals surface area contributed by atoms with Crippen LogP contribution in [0.3, 0.4) is 0 Å². The Bertz CT molecular complexity index is 208. The summed E-state index contributed by atoms with van der Waals surface area (Å²) in [4.78, 5) is 0. The van der Waals surface area contributed by atoms with Crippen LogP contribution in [-0.4, -0.2) is 0 Å². The second-order valence-corrected chi connectivity index (χ2v) is 3.78. The van der Waals surface area contributed by atoms with Crippen molar-refractivity contribution in [1.82, 2.24) is 0 Å². The molecule has 10 heavy (non-hydrogen) atoms. The Morgan fingerprint density at radius 2 is 2.30 bits per heavy atom. The molecule has 2 aliphatic rings. The highest BCUT2D eigenvalue weighted by atomic mass is 14.3. The van der Waals surface area contributed by atoms with E-state index >= 15 is 0 Å². The quantitative estimate of drug-likeness (QED) is 0.478. The van der Waals surface area contributed by atoms with Gasteiger partial charge in [0.25, 0.3) is 0 Å². The van der Waals surface area contributed by atoms with Crippen molar-refractivity contribution in [2.24, 2.45) is 11.8 Å². The van der Waals surface area contributed by atoms with Gasteiger partial charge in [0, 0.05) is 0 Å². The van der Waals surface area contributed by atoms with Gasteiger partial charge in [0.2, 0.25) is 0 Å². The minimum Gasteiger partial charge on any atom is -0.0744 e. The van der Waals surface area contributed by atoms with Gasteiger partial charge in [-0.25, -0.2) is 0 Å². The molecule has 54 valence electrons. The zero-order chi connectivity index (χ0) is 7.14. The number of hydrogen-bond acceptors (Lipinski definition) is 0. The van der Waals surface area contributed by atoms with E-state index in [1.54, 1.807) is 5.57 Å². The summed E-state index contributed by atoms with van der Waals surface area (Å²) in [7, 11) is 0. The summed E-state index contributed by atoms with van der Waals surface area (Å²) >= 11 is 0. The van der Waals surface area contributed by atoms with Gasteiger partial charge in [-0.15, -0.1) is 0 Å². The standard InChI is InChI=1S/C10H14/c1-7-3-9-5-8(2)6-10(9)4-7/h3-4,8-9H,5-6H2,1-2H3. The number of allylic oxidation sites excluding steroid dienone is 4. The molecule has 1 fully saturated rings. The zero-order valence-corrected chi connectivity index (χ0v) is 6.72. The van der Waals surface area contributed by atoms with Crippen molar-refractivity contribution in [1.29, 1.82) is 0 Å². The Hall–Kier alpha value is -0.520. The molecule has 0 saturated heterocycles. The van der Waals surface area contributed by atoms with E-state index in [2.05, 4.69) is 26.0 Å². The van der Waals surface area contributed by atoms with E-state index in [0.717, 1.165) is 11.8 Å². The average Bonchev–Trinajstić information content (AvgIpc) is 2.21. The normalized spacial score (nSPS) is 37.4. The van der Waals surface area contributed by atoms with Crippen LogP contribution in [0.1, 0.15) is 26.7 Å². The molecule has 0 radical (unpaired) electrons. The molecule has 2 unspecified atom stereocenters. The molecule has 2 rings (SSSR count). The Morgan fingerprint density at radius 3 is 3.00 bits per heavy atom. The topological polar surface area (TPSA) is 0 Å². The third-order valence-electron chi connectivity index (χ3n) is 2.59. The maximum Gasteiger partial charge on any atom is -0.00116 e. The van der Waals surface area contributed by atoms with E-state index in [-0.39, 0.29) is 0 Å². The van der Waals surface area contributed by atoms with Crippen molar-refractivity contribution in [2.75, 3.05) is 0 Å². The van der Waals surface area contributed by atoms with Crippen molar-refractivity contribution < 1.29 is 0 Å². The van der Waals surface area contributed by atoms with Crippen LogP contribution in [-0.2, 0) is 0 Å². The molecule has 0 aliphatic heterocycles. The van der Waals surface area contributed by atoms with Crippen LogP contribution < -0.4 is 0 Å². The molecule has 1 saturated carbocycles. The number of rotatable bonds is 0. The number of fused-ring (bicyclic) bond motifs is 1. The molecule has 0 aromatic heterocycles. The molecule has 0 bridgehead atoms. The maximum absolute atomic E-state index is 2.42. The Balaban J connectivity index is 2.22. The van der Waals surface area contributed by atoms with Gasteiger partial charge in [0.15, 0.2) is 0 Å². The lowest BCUT2D eigenvalue weighted by molar-refractivity contribution is 0.586. The molecule has 0 aromatic rings. The average molecular weight is 134 g/mol. The van der Waals surface area contributed by atoms with Crippen LogP contribution >= 0.6 is 0 Å². The minimum atomic E-state index is 0.829.